The third-order valence-electron chi connectivity index (χ3n) is 4.01. The molecule has 0 saturated heterocycles. The van der Waals surface area contributed by atoms with Crippen LogP contribution in [0.4, 0.5) is 0 Å². The first-order valence-corrected chi connectivity index (χ1v) is 9.00. The number of guanidine groups is 1. The Morgan fingerprint density at radius 2 is 2.04 bits per heavy atom. The van der Waals surface area contributed by atoms with Gasteiger partial charge in [-0.25, -0.2) is 0 Å². The number of thiophene rings is 1. The topological polar surface area (TPSA) is 39.7 Å². The fourth-order valence-electron chi connectivity index (χ4n) is 2.26. The van der Waals surface area contributed by atoms with Gasteiger partial charge in [0, 0.05) is 48.4 Å². The van der Waals surface area contributed by atoms with Crippen molar-refractivity contribution in [2.45, 2.75) is 52.6 Å². The van der Waals surface area contributed by atoms with E-state index in [2.05, 4.69) is 67.4 Å². The molecule has 2 N–H and O–H groups in total. The summed E-state index contributed by atoms with van der Waals surface area (Å²) < 4.78 is 0. The Morgan fingerprint density at radius 1 is 1.35 bits per heavy atom. The molecule has 0 bridgehead atoms. The Kier molecular flexibility index (Phi) is 11.9. The van der Waals surface area contributed by atoms with Crippen molar-refractivity contribution in [3.63, 3.8) is 0 Å². The SMILES string of the molecule is CCC(C)N(C)CCNC(=NC)NC(C)Cc1ccc(C)s1.I. The van der Waals surface area contributed by atoms with Crippen molar-refractivity contribution in [1.29, 1.82) is 0 Å². The molecule has 0 radical (unpaired) electrons. The monoisotopic (exact) mass is 452 g/mol. The fraction of sp³-hybridized carbons (Fsp3) is 0.706. The molecule has 0 aliphatic heterocycles. The largest absolute Gasteiger partial charge is 0.355 e. The summed E-state index contributed by atoms with van der Waals surface area (Å²) in [5.41, 5.74) is 0. The fourth-order valence-corrected chi connectivity index (χ4v) is 3.28. The molecule has 0 fully saturated rings. The van der Waals surface area contributed by atoms with Crippen LogP contribution < -0.4 is 10.6 Å². The number of rotatable bonds is 8. The van der Waals surface area contributed by atoms with Crippen molar-refractivity contribution < 1.29 is 0 Å². The second-order valence-corrected chi connectivity index (χ2v) is 7.37. The van der Waals surface area contributed by atoms with E-state index in [9.17, 15) is 0 Å². The number of aryl methyl sites for hydroxylation is 1. The molecule has 0 amide bonds. The lowest BCUT2D eigenvalue weighted by Gasteiger charge is -2.24. The van der Waals surface area contributed by atoms with Gasteiger partial charge in [0.05, 0.1) is 0 Å². The average molecular weight is 452 g/mol. The zero-order valence-electron chi connectivity index (χ0n) is 15.3. The summed E-state index contributed by atoms with van der Waals surface area (Å²) >= 11 is 1.87. The van der Waals surface area contributed by atoms with Crippen LogP contribution in [0.3, 0.4) is 0 Å². The van der Waals surface area contributed by atoms with Crippen molar-refractivity contribution in [2.75, 3.05) is 27.2 Å². The Balaban J connectivity index is 0.00000484. The zero-order valence-corrected chi connectivity index (χ0v) is 18.5. The molecule has 1 heterocycles. The highest BCUT2D eigenvalue weighted by Crippen LogP contribution is 2.16. The Hall–Kier alpha value is -0.340. The second kappa shape index (κ2) is 12.1. The minimum atomic E-state index is 0. The smallest absolute Gasteiger partial charge is 0.191 e. The number of hydrogen-bond donors (Lipinski definition) is 2. The van der Waals surface area contributed by atoms with Gasteiger partial charge in [-0.15, -0.1) is 35.3 Å². The van der Waals surface area contributed by atoms with Crippen LogP contribution in [0.25, 0.3) is 0 Å². The van der Waals surface area contributed by atoms with Crippen LogP contribution >= 0.6 is 35.3 Å². The normalized spacial score (nSPS) is 14.3. The molecule has 4 nitrogen and oxygen atoms in total. The lowest BCUT2D eigenvalue weighted by Crippen LogP contribution is -2.45. The lowest BCUT2D eigenvalue weighted by molar-refractivity contribution is 0.255. The Labute approximate surface area is 163 Å². The third kappa shape index (κ3) is 8.91. The summed E-state index contributed by atoms with van der Waals surface area (Å²) in [6.45, 7) is 10.8. The first-order valence-electron chi connectivity index (χ1n) is 8.19. The molecule has 0 spiro atoms. The molecule has 1 aromatic heterocycles. The first kappa shape index (κ1) is 22.7. The molecular formula is C17H33IN4S. The van der Waals surface area contributed by atoms with E-state index in [4.69, 9.17) is 0 Å². The van der Waals surface area contributed by atoms with Gasteiger partial charge in [-0.1, -0.05) is 6.92 Å². The number of nitrogens with zero attached hydrogens (tertiary/aromatic N) is 2. The molecule has 1 rings (SSSR count). The molecule has 0 aliphatic carbocycles. The van der Waals surface area contributed by atoms with Crippen LogP contribution in [0.1, 0.15) is 36.9 Å². The predicted octanol–water partition coefficient (Wildman–Crippen LogP) is 3.50. The molecule has 0 aliphatic rings. The molecule has 0 aromatic carbocycles. The van der Waals surface area contributed by atoms with E-state index in [1.54, 1.807) is 0 Å². The van der Waals surface area contributed by atoms with Crippen molar-refractivity contribution >= 4 is 41.3 Å². The van der Waals surface area contributed by atoms with E-state index in [1.807, 2.05) is 18.4 Å². The van der Waals surface area contributed by atoms with E-state index >= 15 is 0 Å². The molecule has 0 saturated carbocycles. The lowest BCUT2D eigenvalue weighted by atomic mass is 10.2. The maximum Gasteiger partial charge on any atom is 0.191 e. The quantitative estimate of drug-likeness (QED) is 0.360. The number of halogens is 1. The molecule has 2 atom stereocenters. The van der Waals surface area contributed by atoms with E-state index in [0.29, 0.717) is 12.1 Å². The average Bonchev–Trinajstić information content (AvgIpc) is 2.89. The van der Waals surface area contributed by atoms with Gasteiger partial charge in [-0.3, -0.25) is 4.99 Å². The van der Waals surface area contributed by atoms with Gasteiger partial charge in [0.2, 0.25) is 0 Å². The van der Waals surface area contributed by atoms with Crippen LogP contribution in [0.5, 0.6) is 0 Å². The van der Waals surface area contributed by atoms with Gasteiger partial charge in [-0.2, -0.15) is 0 Å². The van der Waals surface area contributed by atoms with E-state index in [1.165, 1.54) is 16.2 Å². The molecule has 1 aromatic rings. The summed E-state index contributed by atoms with van der Waals surface area (Å²) in [5, 5.41) is 6.87. The number of aliphatic imine (C=N–C) groups is 1. The Morgan fingerprint density at radius 3 is 2.57 bits per heavy atom. The first-order chi connectivity index (χ1) is 10.5. The minimum Gasteiger partial charge on any atom is -0.355 e. The molecule has 2 unspecified atom stereocenters. The van der Waals surface area contributed by atoms with Gasteiger partial charge >= 0.3 is 0 Å². The van der Waals surface area contributed by atoms with E-state index in [-0.39, 0.29) is 24.0 Å². The second-order valence-electron chi connectivity index (χ2n) is 6.00. The maximum atomic E-state index is 4.32. The zero-order chi connectivity index (χ0) is 16.5. The van der Waals surface area contributed by atoms with Crippen molar-refractivity contribution in [2.24, 2.45) is 4.99 Å². The summed E-state index contributed by atoms with van der Waals surface area (Å²) in [7, 11) is 4.00. The summed E-state index contributed by atoms with van der Waals surface area (Å²) in [5.74, 6) is 0.887. The van der Waals surface area contributed by atoms with Crippen LogP contribution in [-0.2, 0) is 6.42 Å². The van der Waals surface area contributed by atoms with Crippen LogP contribution in [0, 0.1) is 6.92 Å². The molecule has 6 heteroatoms. The van der Waals surface area contributed by atoms with Gasteiger partial charge in [0.1, 0.15) is 0 Å². The van der Waals surface area contributed by atoms with Crippen molar-refractivity contribution in [3.8, 4) is 0 Å². The number of likely N-dealkylation sites (N-methyl/N-ethyl adjacent to an activating group) is 1. The van der Waals surface area contributed by atoms with Gasteiger partial charge in [-0.05, 0) is 46.4 Å². The highest BCUT2D eigenvalue weighted by atomic mass is 127. The van der Waals surface area contributed by atoms with Crippen LogP contribution in [0.15, 0.2) is 17.1 Å². The standard InChI is InChI=1S/C17H32N4S.HI/c1-7-14(3)21(6)11-10-19-17(18-5)20-13(2)12-16-9-8-15(4)22-16;/h8-9,13-14H,7,10-12H2,1-6H3,(H2,18,19,20);1H. The molecular weight excluding hydrogens is 419 g/mol. The van der Waals surface area contributed by atoms with Crippen LogP contribution in [-0.4, -0.2) is 50.1 Å². The number of hydrogen-bond acceptors (Lipinski definition) is 3. The van der Waals surface area contributed by atoms with E-state index < -0.39 is 0 Å². The molecule has 134 valence electrons. The summed E-state index contributed by atoms with van der Waals surface area (Å²) in [6.07, 6.45) is 2.21. The Bertz CT molecular complexity index is 461. The van der Waals surface area contributed by atoms with Gasteiger partial charge in [0.25, 0.3) is 0 Å². The predicted molar refractivity (Wildman–Crippen MR) is 115 cm³/mol. The third-order valence-corrected chi connectivity index (χ3v) is 5.03. The van der Waals surface area contributed by atoms with Crippen molar-refractivity contribution in [3.05, 3.63) is 21.9 Å². The maximum absolute atomic E-state index is 4.32. The highest BCUT2D eigenvalue weighted by Gasteiger charge is 2.09. The number of nitrogens with one attached hydrogen (secondary N) is 2. The summed E-state index contributed by atoms with van der Waals surface area (Å²) in [4.78, 5) is 9.48. The van der Waals surface area contributed by atoms with Gasteiger partial charge < -0.3 is 15.5 Å². The van der Waals surface area contributed by atoms with Crippen LogP contribution in [0.2, 0.25) is 0 Å². The highest BCUT2D eigenvalue weighted by molar-refractivity contribution is 14.0. The minimum absolute atomic E-state index is 0. The molecule has 23 heavy (non-hydrogen) atoms. The van der Waals surface area contributed by atoms with Crippen molar-refractivity contribution in [1.82, 2.24) is 15.5 Å². The summed E-state index contributed by atoms with van der Waals surface area (Å²) in [6, 6.07) is 5.40. The van der Waals surface area contributed by atoms with Gasteiger partial charge in [0.15, 0.2) is 5.96 Å². The van der Waals surface area contributed by atoms with E-state index in [0.717, 1.165) is 25.5 Å².